The molecule has 1 heterocycles. The Morgan fingerprint density at radius 1 is 1.56 bits per heavy atom. The van der Waals surface area contributed by atoms with Crippen LogP contribution in [0.5, 0.6) is 0 Å². The van der Waals surface area contributed by atoms with Crippen molar-refractivity contribution in [2.75, 3.05) is 11.1 Å². The van der Waals surface area contributed by atoms with E-state index in [2.05, 4.69) is 22.2 Å². The van der Waals surface area contributed by atoms with E-state index in [1.165, 1.54) is 19.2 Å². The fourth-order valence-corrected chi connectivity index (χ4v) is 3.65. The van der Waals surface area contributed by atoms with Crippen LogP contribution in [-0.4, -0.2) is 33.3 Å². The highest BCUT2D eigenvalue weighted by atomic mass is 35.5. The molecule has 0 amide bonds. The molecule has 2 rings (SSSR count). The van der Waals surface area contributed by atoms with Gasteiger partial charge in [0, 0.05) is 11.3 Å². The molecule has 1 aliphatic carbocycles. The summed E-state index contributed by atoms with van der Waals surface area (Å²) < 4.78 is 0. The van der Waals surface area contributed by atoms with E-state index in [-0.39, 0.29) is 5.15 Å². The maximum atomic E-state index is 11.0. The number of carbonyl (C=O) groups is 1. The second-order valence-electron chi connectivity index (χ2n) is 4.22. The molecular formula is C12H16ClN3OS. The molecule has 0 spiro atoms. The van der Waals surface area contributed by atoms with Crippen molar-refractivity contribution >= 4 is 35.5 Å². The summed E-state index contributed by atoms with van der Waals surface area (Å²) in [6.45, 7) is 2.17. The van der Waals surface area contributed by atoms with Crippen LogP contribution in [0.3, 0.4) is 0 Å². The van der Waals surface area contributed by atoms with Gasteiger partial charge in [-0.05, 0) is 18.6 Å². The van der Waals surface area contributed by atoms with E-state index in [0.717, 1.165) is 12.2 Å². The second-order valence-corrected chi connectivity index (χ2v) is 6.09. The molecule has 1 N–H and O–H groups in total. The summed E-state index contributed by atoms with van der Waals surface area (Å²) in [6, 6.07) is 0.361. The van der Waals surface area contributed by atoms with Crippen molar-refractivity contribution in [1.82, 2.24) is 9.97 Å². The van der Waals surface area contributed by atoms with E-state index in [1.54, 1.807) is 0 Å². The van der Waals surface area contributed by atoms with Crippen molar-refractivity contribution in [2.45, 2.75) is 37.5 Å². The molecule has 0 saturated heterocycles. The van der Waals surface area contributed by atoms with Gasteiger partial charge in [-0.2, -0.15) is 11.8 Å². The topological polar surface area (TPSA) is 54.9 Å². The maximum absolute atomic E-state index is 11.0. The van der Waals surface area contributed by atoms with Gasteiger partial charge in [0.15, 0.2) is 6.29 Å². The number of nitrogens with zero attached hydrogens (tertiary/aromatic N) is 2. The second kappa shape index (κ2) is 6.38. The molecule has 1 fully saturated rings. The summed E-state index contributed by atoms with van der Waals surface area (Å²) in [7, 11) is 0. The lowest BCUT2D eigenvalue weighted by molar-refractivity contribution is 0.112. The molecule has 98 valence electrons. The SMILES string of the molecule is CCSC1CCCC1Nc1ncnc(Cl)c1C=O. The molecule has 1 aliphatic rings. The molecule has 0 aromatic carbocycles. The summed E-state index contributed by atoms with van der Waals surface area (Å²) in [4.78, 5) is 19.0. The average molecular weight is 286 g/mol. The summed E-state index contributed by atoms with van der Waals surface area (Å²) in [5.74, 6) is 1.66. The van der Waals surface area contributed by atoms with E-state index in [4.69, 9.17) is 11.6 Å². The van der Waals surface area contributed by atoms with Crippen LogP contribution >= 0.6 is 23.4 Å². The van der Waals surface area contributed by atoms with Crippen molar-refractivity contribution in [3.8, 4) is 0 Å². The first-order chi connectivity index (χ1) is 8.76. The van der Waals surface area contributed by atoms with Gasteiger partial charge in [-0.1, -0.05) is 24.9 Å². The Morgan fingerprint density at radius 2 is 2.39 bits per heavy atom. The minimum absolute atomic E-state index is 0.209. The number of rotatable bonds is 5. The van der Waals surface area contributed by atoms with Crippen LogP contribution in [0.4, 0.5) is 5.82 Å². The monoisotopic (exact) mass is 285 g/mol. The smallest absolute Gasteiger partial charge is 0.156 e. The molecule has 4 nitrogen and oxygen atoms in total. The van der Waals surface area contributed by atoms with Gasteiger partial charge in [0.05, 0.1) is 5.56 Å². The van der Waals surface area contributed by atoms with Crippen molar-refractivity contribution in [2.24, 2.45) is 0 Å². The number of hydrogen-bond acceptors (Lipinski definition) is 5. The molecule has 0 radical (unpaired) electrons. The fraction of sp³-hybridized carbons (Fsp3) is 0.583. The largest absolute Gasteiger partial charge is 0.365 e. The average Bonchev–Trinajstić information content (AvgIpc) is 2.78. The molecule has 1 aromatic heterocycles. The summed E-state index contributed by atoms with van der Waals surface area (Å²) in [5.41, 5.74) is 0.353. The van der Waals surface area contributed by atoms with Gasteiger partial charge < -0.3 is 5.32 Å². The molecule has 0 aliphatic heterocycles. The maximum Gasteiger partial charge on any atom is 0.156 e. The first-order valence-corrected chi connectivity index (χ1v) is 7.52. The van der Waals surface area contributed by atoms with Gasteiger partial charge in [-0.15, -0.1) is 0 Å². The number of halogens is 1. The van der Waals surface area contributed by atoms with Gasteiger partial charge in [0.1, 0.15) is 17.3 Å². The lowest BCUT2D eigenvalue weighted by Crippen LogP contribution is -2.27. The lowest BCUT2D eigenvalue weighted by Gasteiger charge is -2.21. The third-order valence-corrected chi connectivity index (χ3v) is 4.74. The molecule has 2 unspecified atom stereocenters. The van der Waals surface area contributed by atoms with E-state index in [1.807, 2.05) is 11.8 Å². The highest BCUT2D eigenvalue weighted by Gasteiger charge is 2.28. The van der Waals surface area contributed by atoms with Crippen LogP contribution in [0.15, 0.2) is 6.33 Å². The van der Waals surface area contributed by atoms with Crippen molar-refractivity contribution in [3.63, 3.8) is 0 Å². The summed E-state index contributed by atoms with van der Waals surface area (Å²) in [6.07, 6.45) is 5.63. The Kier molecular flexibility index (Phi) is 4.83. The van der Waals surface area contributed by atoms with Crippen LogP contribution in [-0.2, 0) is 0 Å². The molecule has 1 saturated carbocycles. The zero-order chi connectivity index (χ0) is 13.0. The van der Waals surface area contributed by atoms with Crippen molar-refractivity contribution in [1.29, 1.82) is 0 Å². The Morgan fingerprint density at radius 3 is 3.11 bits per heavy atom. The molecule has 18 heavy (non-hydrogen) atoms. The standard InChI is InChI=1S/C12H16ClN3OS/c1-2-18-10-5-3-4-9(10)16-12-8(6-17)11(13)14-7-15-12/h6-7,9-10H,2-5H2,1H3,(H,14,15,16). The van der Waals surface area contributed by atoms with Crippen molar-refractivity contribution in [3.05, 3.63) is 17.0 Å². The minimum Gasteiger partial charge on any atom is -0.365 e. The summed E-state index contributed by atoms with van der Waals surface area (Å²) >= 11 is 7.84. The lowest BCUT2D eigenvalue weighted by atomic mass is 10.2. The predicted octanol–water partition coefficient (Wildman–Crippen LogP) is 3.03. The minimum atomic E-state index is 0.209. The Balaban J connectivity index is 2.13. The molecular weight excluding hydrogens is 270 g/mol. The van der Waals surface area contributed by atoms with E-state index >= 15 is 0 Å². The first-order valence-electron chi connectivity index (χ1n) is 6.10. The van der Waals surface area contributed by atoms with Gasteiger partial charge in [-0.3, -0.25) is 4.79 Å². The summed E-state index contributed by atoms with van der Waals surface area (Å²) in [5, 5.41) is 4.14. The number of aromatic nitrogens is 2. The first kappa shape index (κ1) is 13.6. The third kappa shape index (κ3) is 2.95. The Hall–Kier alpha value is -0.810. The van der Waals surface area contributed by atoms with Crippen LogP contribution < -0.4 is 5.32 Å². The highest BCUT2D eigenvalue weighted by molar-refractivity contribution is 7.99. The number of anilines is 1. The number of hydrogen-bond donors (Lipinski definition) is 1. The number of carbonyl (C=O) groups excluding carboxylic acids is 1. The molecule has 6 heteroatoms. The van der Waals surface area contributed by atoms with Gasteiger partial charge in [0.2, 0.25) is 0 Å². The highest BCUT2D eigenvalue weighted by Crippen LogP contribution is 2.32. The fourth-order valence-electron chi connectivity index (χ4n) is 2.27. The molecule has 0 bridgehead atoms. The van der Waals surface area contributed by atoms with Gasteiger partial charge in [0.25, 0.3) is 0 Å². The zero-order valence-electron chi connectivity index (χ0n) is 10.2. The van der Waals surface area contributed by atoms with Crippen LogP contribution in [0.1, 0.15) is 36.5 Å². The number of aldehydes is 1. The van der Waals surface area contributed by atoms with Crippen molar-refractivity contribution < 1.29 is 4.79 Å². The van der Waals surface area contributed by atoms with Crippen LogP contribution in [0.2, 0.25) is 5.15 Å². The van der Waals surface area contributed by atoms with E-state index < -0.39 is 0 Å². The molecule has 1 aromatic rings. The third-order valence-electron chi connectivity index (χ3n) is 3.11. The van der Waals surface area contributed by atoms with Gasteiger partial charge in [-0.25, -0.2) is 9.97 Å². The predicted molar refractivity (Wildman–Crippen MR) is 75.6 cm³/mol. The van der Waals surface area contributed by atoms with Crippen LogP contribution in [0.25, 0.3) is 0 Å². The Bertz CT molecular complexity index is 430. The number of nitrogens with one attached hydrogen (secondary N) is 1. The normalized spacial score (nSPS) is 23.0. The van der Waals surface area contributed by atoms with Crippen LogP contribution in [0, 0.1) is 0 Å². The number of thioether (sulfide) groups is 1. The van der Waals surface area contributed by atoms with E-state index in [9.17, 15) is 4.79 Å². The quantitative estimate of drug-likeness (QED) is 0.666. The van der Waals surface area contributed by atoms with E-state index in [0.29, 0.717) is 29.0 Å². The molecule has 2 atom stereocenters. The van der Waals surface area contributed by atoms with Gasteiger partial charge >= 0.3 is 0 Å². The zero-order valence-corrected chi connectivity index (χ0v) is 11.8. The Labute approximate surface area is 116 Å².